The van der Waals surface area contributed by atoms with Crippen LogP contribution in [-0.2, 0) is 77.4 Å². The number of hydrogen-bond donors (Lipinski definition) is 2. The predicted octanol–water partition coefficient (Wildman–Crippen LogP) is -14.1. The summed E-state index contributed by atoms with van der Waals surface area (Å²) in [5, 5.41) is 52.4. The van der Waals surface area contributed by atoms with Crippen LogP contribution in [0.3, 0.4) is 0 Å². The van der Waals surface area contributed by atoms with Crippen molar-refractivity contribution in [1.82, 2.24) is 0 Å². The number of azo groups is 2. The Kier molecular flexibility index (Phi) is 32.1. The maximum absolute atomic E-state index is 13.0. The van der Waals surface area contributed by atoms with E-state index < -0.39 is 156 Å². The number of nitrogens with zero attached hydrogens (tertiary/aromatic N) is 4. The van der Waals surface area contributed by atoms with Crippen LogP contribution in [0.25, 0.3) is 10.8 Å². The molecule has 0 bridgehead atoms. The van der Waals surface area contributed by atoms with Gasteiger partial charge in [-0.25, -0.2) is 42.1 Å². The molecular formula is C28H24N5Na5O24S7. The number of nitrogen functional groups attached to an aromatic ring is 1. The molecule has 4 rings (SSSR count). The Morgan fingerprint density at radius 3 is 1.75 bits per heavy atom. The monoisotopic (exact) mass is 1150 g/mol. The number of hydrogen-bond acceptors (Lipinski definition) is 31. The van der Waals surface area contributed by atoms with Gasteiger partial charge < -0.3 is 44.5 Å². The molecule has 0 aliphatic heterocycles. The Balaban J connectivity index is 0. The van der Waals surface area contributed by atoms with E-state index in [9.17, 15) is 71.4 Å². The van der Waals surface area contributed by atoms with Crippen molar-refractivity contribution in [3.63, 3.8) is 0 Å². The Hall–Kier alpha value is 0.550. The second kappa shape index (κ2) is 30.9. The third kappa shape index (κ3) is 19.9. The summed E-state index contributed by atoms with van der Waals surface area (Å²) in [5.74, 6) is -3.82. The maximum Gasteiger partial charge on any atom is 1.00 e. The minimum Gasteiger partial charge on any atom is -0.744 e. The van der Waals surface area contributed by atoms with E-state index in [1.54, 1.807) is 0 Å². The average molecular weight is 1150 g/mol. The van der Waals surface area contributed by atoms with Crippen molar-refractivity contribution in [2.24, 2.45) is 20.5 Å². The van der Waals surface area contributed by atoms with Gasteiger partial charge in [0.05, 0.1) is 81.6 Å². The van der Waals surface area contributed by atoms with Crippen LogP contribution in [-0.4, -0.2) is 99.8 Å². The SMILES string of the molecule is COc1cc(S(=O)(=O)CCOS(=O)(=O)[O-])c(OC)cc1N=Nc1c(S(=O)(=O)[O-])cc2cc(SOO[O-])c(N=Nc3ccc(S(=O)(=O)CCOSOO[O-])cc3S(=O)(=O)[O-])c(O)c2c1N.[Na+].[Na+].[Na+].[Na+].[Na+]. The number of aromatic hydroxyl groups is 1. The number of methoxy groups -OCH3 is 2. The Bertz CT molecular complexity index is 3070. The first-order valence-electron chi connectivity index (χ1n) is 16.0. The minimum atomic E-state index is -5.56. The number of phenolic OH excluding ortho intramolecular Hbond substituents is 1. The quantitative estimate of drug-likeness (QED) is 0.00801. The van der Waals surface area contributed by atoms with E-state index in [0.717, 1.165) is 44.6 Å². The molecule has 29 nitrogen and oxygen atoms in total. The normalized spacial score (nSPS) is 12.1. The molecule has 0 spiro atoms. The van der Waals surface area contributed by atoms with E-state index in [-0.39, 0.29) is 172 Å². The van der Waals surface area contributed by atoms with Crippen LogP contribution >= 0.6 is 24.4 Å². The van der Waals surface area contributed by atoms with Crippen molar-refractivity contribution in [1.29, 1.82) is 0 Å². The molecule has 0 aliphatic rings. The van der Waals surface area contributed by atoms with Crippen molar-refractivity contribution in [3.05, 3.63) is 42.5 Å². The Morgan fingerprint density at radius 1 is 0.638 bits per heavy atom. The molecule has 69 heavy (non-hydrogen) atoms. The third-order valence-electron chi connectivity index (χ3n) is 7.73. The molecule has 3 N–H and O–H groups in total. The van der Waals surface area contributed by atoms with E-state index in [4.69, 9.17) is 15.2 Å². The van der Waals surface area contributed by atoms with Crippen LogP contribution in [0.1, 0.15) is 0 Å². The molecule has 0 atom stereocenters. The van der Waals surface area contributed by atoms with Gasteiger partial charge in [-0.2, -0.15) is 4.33 Å². The van der Waals surface area contributed by atoms with Gasteiger partial charge in [0.15, 0.2) is 37.7 Å². The molecule has 0 radical (unpaired) electrons. The van der Waals surface area contributed by atoms with Crippen LogP contribution < -0.4 is 174 Å². The fourth-order valence-electron chi connectivity index (χ4n) is 5.05. The summed E-state index contributed by atoms with van der Waals surface area (Å²) in [5.41, 5.74) is 2.47. The zero-order chi connectivity index (χ0) is 47.8. The van der Waals surface area contributed by atoms with Gasteiger partial charge in [-0.05, 0) is 35.7 Å². The van der Waals surface area contributed by atoms with E-state index >= 15 is 0 Å². The molecule has 0 unspecified atom stereocenters. The molecule has 41 heteroatoms. The first-order valence-corrected chi connectivity index (χ1v) is 24.9. The van der Waals surface area contributed by atoms with Gasteiger partial charge in [0, 0.05) is 12.1 Å². The van der Waals surface area contributed by atoms with Gasteiger partial charge in [-0.15, -0.1) is 24.8 Å². The summed E-state index contributed by atoms with van der Waals surface area (Å²) in [6.07, 6.45) is 0. The van der Waals surface area contributed by atoms with E-state index in [0.29, 0.717) is 12.1 Å². The number of benzene rings is 4. The third-order valence-corrected chi connectivity index (χ3v) is 14.3. The molecule has 0 aromatic heterocycles. The van der Waals surface area contributed by atoms with Crippen LogP contribution in [0.5, 0.6) is 17.2 Å². The average Bonchev–Trinajstić information content (AvgIpc) is 3.20. The fourth-order valence-corrected chi connectivity index (χ4v) is 9.99. The van der Waals surface area contributed by atoms with Gasteiger partial charge in [0.1, 0.15) is 59.4 Å². The summed E-state index contributed by atoms with van der Waals surface area (Å²) in [6.45, 7) is -1.70. The van der Waals surface area contributed by atoms with Gasteiger partial charge in [0.25, 0.3) is 0 Å². The number of anilines is 1. The molecule has 0 fully saturated rings. The molecule has 352 valence electrons. The van der Waals surface area contributed by atoms with E-state index in [1.807, 2.05) is 0 Å². The topological polar surface area (TPSA) is 456 Å². The number of phenols is 1. The van der Waals surface area contributed by atoms with Crippen molar-refractivity contribution in [2.45, 2.75) is 24.5 Å². The summed E-state index contributed by atoms with van der Waals surface area (Å²) in [4.78, 5) is -4.26. The van der Waals surface area contributed by atoms with Crippen molar-refractivity contribution in [2.75, 3.05) is 44.7 Å². The Morgan fingerprint density at radius 2 is 1.20 bits per heavy atom. The van der Waals surface area contributed by atoms with Crippen LogP contribution in [0.2, 0.25) is 0 Å². The number of ether oxygens (including phenoxy) is 2. The number of rotatable bonds is 23. The predicted molar refractivity (Wildman–Crippen MR) is 204 cm³/mol. The second-order valence-corrected chi connectivity index (χ2v) is 20.7. The van der Waals surface area contributed by atoms with Crippen LogP contribution in [0, 0.1) is 0 Å². The molecule has 4 aromatic rings. The Labute approximate surface area is 511 Å². The van der Waals surface area contributed by atoms with Crippen molar-refractivity contribution < 1.29 is 256 Å². The summed E-state index contributed by atoms with van der Waals surface area (Å²) < 4.78 is 185. The second-order valence-electron chi connectivity index (χ2n) is 11.5. The van der Waals surface area contributed by atoms with Gasteiger partial charge in [-0.3, -0.25) is 18.4 Å². The van der Waals surface area contributed by atoms with E-state index in [1.165, 1.54) is 0 Å². The molecule has 0 aliphatic carbocycles. The number of fused-ring (bicyclic) bond motifs is 1. The van der Waals surface area contributed by atoms with Crippen molar-refractivity contribution in [3.8, 4) is 17.2 Å². The molecule has 0 amide bonds. The number of nitrogens with two attached hydrogens (primary N) is 1. The minimum absolute atomic E-state index is 0. The maximum atomic E-state index is 13.0. The molecule has 0 saturated carbocycles. The molecular weight excluding hydrogens is 1130 g/mol. The van der Waals surface area contributed by atoms with Crippen LogP contribution in [0.4, 0.5) is 28.4 Å². The summed E-state index contributed by atoms with van der Waals surface area (Å²) >= 11 is -0.00912. The zero-order valence-electron chi connectivity index (χ0n) is 36.4. The van der Waals surface area contributed by atoms with Gasteiger partial charge in [-0.1, -0.05) is 0 Å². The fraction of sp³-hybridized carbons (Fsp3) is 0.214. The largest absolute Gasteiger partial charge is 1.00 e. The summed E-state index contributed by atoms with van der Waals surface area (Å²) in [7, 11) is -23.2. The smallest absolute Gasteiger partial charge is 0.744 e. The van der Waals surface area contributed by atoms with Crippen LogP contribution in [0.15, 0.2) is 87.4 Å². The first-order chi connectivity index (χ1) is 29.8. The standard InChI is InChI=1S/C28H29N5O24S7.5Na/c1-50-18-13-22(61(39,40)8-6-53-64(47,48)49)19(51-2)12-17(18)31-33-27-23(63(44,45)46)10-14-9-20(58-56-54-35)26(28(34)24(14)25(27)29)32-30-16-4-3-15(11-21(16)62(41,42)43)60(37,38)7-5-52-59-57-55-36;;;;;/h3-4,9-13,34-36H,5-8,29H2,1-2H3,(H,41,42,43)(H,44,45,46)(H,47,48,49);;;;;/q;5*+1/p-5. The molecule has 0 heterocycles. The van der Waals surface area contributed by atoms with Gasteiger partial charge >= 0.3 is 148 Å². The summed E-state index contributed by atoms with van der Waals surface area (Å²) in [6, 6.07) is 5.25. The van der Waals surface area contributed by atoms with E-state index in [2.05, 4.69) is 47.6 Å². The van der Waals surface area contributed by atoms with Crippen molar-refractivity contribution >= 4 is 114 Å². The molecule has 4 aromatic carbocycles. The van der Waals surface area contributed by atoms with Gasteiger partial charge in [0.2, 0.25) is 10.4 Å². The first kappa shape index (κ1) is 71.6. The number of sulfone groups is 2. The molecule has 0 saturated heterocycles. The zero-order valence-corrected chi connectivity index (χ0v) is 52.1.